The van der Waals surface area contributed by atoms with Gasteiger partial charge in [-0.1, -0.05) is 17.3 Å². The third kappa shape index (κ3) is 3.49. The Morgan fingerprint density at radius 2 is 2.00 bits per heavy atom. The molecular formula is C26H24N2O4S. The third-order valence-corrected chi connectivity index (χ3v) is 6.86. The minimum absolute atomic E-state index is 0.0556. The van der Waals surface area contributed by atoms with Crippen molar-refractivity contribution in [3.63, 3.8) is 0 Å². The molecule has 0 radical (unpaired) electrons. The van der Waals surface area contributed by atoms with Crippen LogP contribution in [0, 0.1) is 4.91 Å². The average molecular weight is 461 g/mol. The van der Waals surface area contributed by atoms with Gasteiger partial charge in [-0.15, -0.1) is 11.3 Å². The summed E-state index contributed by atoms with van der Waals surface area (Å²) < 4.78 is 12.0. The van der Waals surface area contributed by atoms with Crippen LogP contribution in [0.3, 0.4) is 0 Å². The lowest BCUT2D eigenvalue weighted by Crippen LogP contribution is -2.32. The van der Waals surface area contributed by atoms with Crippen molar-refractivity contribution in [1.29, 1.82) is 0 Å². The number of benzene rings is 2. The second kappa shape index (κ2) is 7.78. The van der Waals surface area contributed by atoms with Gasteiger partial charge in [0.2, 0.25) is 0 Å². The highest BCUT2D eigenvalue weighted by molar-refractivity contribution is 7.11. The smallest absolute Gasteiger partial charge is 0.172 e. The summed E-state index contributed by atoms with van der Waals surface area (Å²) in [6, 6.07) is 9.33. The van der Waals surface area contributed by atoms with Gasteiger partial charge in [0, 0.05) is 27.3 Å². The van der Waals surface area contributed by atoms with Crippen LogP contribution in [0.15, 0.2) is 47.0 Å². The normalized spacial score (nSPS) is 16.6. The number of thiophene rings is 1. The molecule has 1 aromatic heterocycles. The summed E-state index contributed by atoms with van der Waals surface area (Å²) in [4.78, 5) is 11.9. The van der Waals surface area contributed by atoms with E-state index in [0.717, 1.165) is 38.4 Å². The van der Waals surface area contributed by atoms with Crippen molar-refractivity contribution in [2.24, 2.45) is 5.18 Å². The number of allylic oxidation sites excluding steroid dienone is 1. The van der Waals surface area contributed by atoms with Gasteiger partial charge >= 0.3 is 0 Å². The number of hydrogen-bond donors (Lipinski definition) is 2. The molecule has 0 bridgehead atoms. The lowest BCUT2D eigenvalue weighted by atomic mass is 9.83. The highest BCUT2D eigenvalue weighted by Crippen LogP contribution is 2.54. The molecule has 168 valence electrons. The summed E-state index contributed by atoms with van der Waals surface area (Å²) in [7, 11) is 1.54. The van der Waals surface area contributed by atoms with Gasteiger partial charge in [0.1, 0.15) is 18.1 Å². The summed E-state index contributed by atoms with van der Waals surface area (Å²) in [5, 5.41) is 19.1. The minimum atomic E-state index is -0.185. The molecule has 0 saturated carbocycles. The summed E-state index contributed by atoms with van der Waals surface area (Å²) >= 11 is 1.54. The number of ether oxygens (including phenoxy) is 2. The van der Waals surface area contributed by atoms with Gasteiger partial charge in [0.25, 0.3) is 0 Å². The van der Waals surface area contributed by atoms with Crippen molar-refractivity contribution in [1.82, 2.24) is 0 Å². The van der Waals surface area contributed by atoms with Crippen LogP contribution in [-0.2, 0) is 6.54 Å². The maximum absolute atomic E-state index is 10.9. The number of nitroso groups, excluding NO2 is 1. The zero-order valence-corrected chi connectivity index (χ0v) is 19.7. The number of aromatic hydroxyl groups is 1. The first-order valence-corrected chi connectivity index (χ1v) is 11.5. The maximum Gasteiger partial charge on any atom is 0.172 e. The third-order valence-electron chi connectivity index (χ3n) is 5.95. The monoisotopic (exact) mass is 460 g/mol. The van der Waals surface area contributed by atoms with E-state index in [1.165, 1.54) is 11.3 Å². The Labute approximate surface area is 196 Å². The van der Waals surface area contributed by atoms with E-state index in [0.29, 0.717) is 22.8 Å². The van der Waals surface area contributed by atoms with E-state index in [1.807, 2.05) is 23.6 Å². The average Bonchev–Trinajstić information content (AvgIpc) is 3.19. The number of methoxy groups -OCH3 is 1. The molecule has 7 heteroatoms. The fraction of sp³-hybridized carbons (Fsp3) is 0.231. The van der Waals surface area contributed by atoms with E-state index >= 15 is 0 Å². The zero-order valence-electron chi connectivity index (χ0n) is 18.9. The first kappa shape index (κ1) is 21.3. The predicted molar refractivity (Wildman–Crippen MR) is 134 cm³/mol. The molecule has 3 heterocycles. The molecule has 0 saturated heterocycles. The largest absolute Gasteiger partial charge is 0.504 e. The fourth-order valence-corrected chi connectivity index (χ4v) is 5.58. The van der Waals surface area contributed by atoms with Gasteiger partial charge in [-0.3, -0.25) is 0 Å². The number of nitrogens with zero attached hydrogens (tertiary/aromatic N) is 1. The zero-order chi connectivity index (χ0) is 23.3. The molecule has 33 heavy (non-hydrogen) atoms. The van der Waals surface area contributed by atoms with Crippen LogP contribution in [0.25, 0.3) is 28.5 Å². The number of rotatable bonds is 4. The summed E-state index contributed by atoms with van der Waals surface area (Å²) in [6.45, 7) is 6.47. The van der Waals surface area contributed by atoms with Crippen LogP contribution < -0.4 is 14.8 Å². The van der Waals surface area contributed by atoms with E-state index in [1.54, 1.807) is 19.2 Å². The highest BCUT2D eigenvalue weighted by Gasteiger charge is 2.33. The number of phenolic OH excluding ortho intramolecular Hbond substituents is 1. The molecule has 2 aliphatic heterocycles. The fourth-order valence-electron chi connectivity index (χ4n) is 4.74. The first-order valence-electron chi connectivity index (χ1n) is 10.6. The molecular weight excluding hydrogens is 436 g/mol. The van der Waals surface area contributed by atoms with Gasteiger partial charge in [0.15, 0.2) is 11.5 Å². The molecule has 0 aliphatic carbocycles. The number of phenols is 1. The van der Waals surface area contributed by atoms with Crippen molar-refractivity contribution in [3.05, 3.63) is 68.3 Å². The lowest BCUT2D eigenvalue weighted by Gasteiger charge is -2.35. The summed E-state index contributed by atoms with van der Waals surface area (Å²) in [5.41, 5.74) is 6.40. The van der Waals surface area contributed by atoms with Crippen LogP contribution in [-0.4, -0.2) is 17.8 Å². The number of nitrogens with one attached hydrogen (secondary N) is 1. The van der Waals surface area contributed by atoms with Crippen molar-refractivity contribution < 1.29 is 14.6 Å². The van der Waals surface area contributed by atoms with E-state index in [4.69, 9.17) is 9.47 Å². The second-order valence-electron chi connectivity index (χ2n) is 8.78. The van der Waals surface area contributed by atoms with Crippen LogP contribution in [0.1, 0.15) is 42.3 Å². The van der Waals surface area contributed by atoms with Crippen LogP contribution in [0.4, 0.5) is 5.69 Å². The van der Waals surface area contributed by atoms with Gasteiger partial charge in [-0.2, -0.15) is 4.91 Å². The highest BCUT2D eigenvalue weighted by atomic mass is 32.1. The van der Waals surface area contributed by atoms with E-state index < -0.39 is 0 Å². The molecule has 0 atom stereocenters. The molecule has 0 spiro atoms. The van der Waals surface area contributed by atoms with Crippen molar-refractivity contribution in [3.8, 4) is 28.4 Å². The molecule has 3 aromatic rings. The lowest BCUT2D eigenvalue weighted by molar-refractivity contribution is 0.371. The standard InChI is InChI=1S/C26H24N2O4S/c1-14-12-26(2,3)28-17-6-5-16-23(22(14)17)20(11-21-15(13-27-30)9-10-33-21)32-19-8-7-18(29)25(31-4)24(16)19/h5-12,28-29H,13H2,1-4H3. The first-order chi connectivity index (χ1) is 15.8. The maximum atomic E-state index is 10.9. The van der Waals surface area contributed by atoms with E-state index in [9.17, 15) is 10.0 Å². The Balaban J connectivity index is 1.82. The molecule has 0 amide bonds. The Morgan fingerprint density at radius 1 is 1.18 bits per heavy atom. The molecule has 0 fully saturated rings. The molecule has 2 aromatic carbocycles. The van der Waals surface area contributed by atoms with Crippen molar-refractivity contribution in [2.45, 2.75) is 32.9 Å². The van der Waals surface area contributed by atoms with Gasteiger partial charge in [-0.25, -0.2) is 0 Å². The van der Waals surface area contributed by atoms with Gasteiger partial charge in [-0.05, 0) is 67.6 Å². The second-order valence-corrected chi connectivity index (χ2v) is 9.73. The molecule has 0 unspecified atom stereocenters. The van der Waals surface area contributed by atoms with Crippen molar-refractivity contribution >= 4 is 34.4 Å². The number of fused-ring (bicyclic) bond motifs is 5. The summed E-state index contributed by atoms with van der Waals surface area (Å²) in [6.07, 6.45) is 4.18. The van der Waals surface area contributed by atoms with Crippen LogP contribution in [0.2, 0.25) is 0 Å². The Bertz CT molecular complexity index is 1350. The quantitative estimate of drug-likeness (QED) is 0.414. The number of hydrogen-bond acceptors (Lipinski definition) is 7. The summed E-state index contributed by atoms with van der Waals surface area (Å²) in [5.74, 6) is 1.70. The molecule has 6 nitrogen and oxygen atoms in total. The van der Waals surface area contributed by atoms with E-state index in [2.05, 4.69) is 43.4 Å². The van der Waals surface area contributed by atoms with Crippen LogP contribution in [0.5, 0.6) is 17.2 Å². The number of anilines is 1. The molecule has 5 rings (SSSR count). The minimum Gasteiger partial charge on any atom is -0.504 e. The topological polar surface area (TPSA) is 80.2 Å². The van der Waals surface area contributed by atoms with Gasteiger partial charge < -0.3 is 19.9 Å². The van der Waals surface area contributed by atoms with E-state index in [-0.39, 0.29) is 17.8 Å². The SMILES string of the molecule is COc1c(O)ccc2c1-c1ccc3c(c1C(=Cc1sccc1CN=O)O2)C(C)=CC(C)(C)N3. The Kier molecular flexibility index (Phi) is 5.01. The Hall–Kier alpha value is -3.58. The predicted octanol–water partition coefficient (Wildman–Crippen LogP) is 6.89. The Morgan fingerprint density at radius 3 is 2.76 bits per heavy atom. The molecule has 2 N–H and O–H groups in total. The van der Waals surface area contributed by atoms with Crippen molar-refractivity contribution in [2.75, 3.05) is 12.4 Å². The van der Waals surface area contributed by atoms with Gasteiger partial charge in [0.05, 0.1) is 18.2 Å². The molecule has 2 aliphatic rings. The van der Waals surface area contributed by atoms with Crippen LogP contribution >= 0.6 is 11.3 Å².